The Hall–Kier alpha value is -1.49. The molecule has 0 atom stereocenters. The second kappa shape index (κ2) is 3.49. The molecule has 0 heterocycles. The Morgan fingerprint density at radius 3 is 2.54 bits per heavy atom. The first kappa shape index (κ1) is 9.60. The Morgan fingerprint density at radius 2 is 2.00 bits per heavy atom. The maximum Gasteiger partial charge on any atom is 0.268 e. The van der Waals surface area contributed by atoms with Crippen LogP contribution in [0.4, 0.5) is 8.78 Å². The number of rotatable bonds is 1. The molecule has 0 aliphatic rings. The van der Waals surface area contributed by atoms with Crippen molar-refractivity contribution in [3.8, 4) is 0 Å². The minimum atomic E-state index is -1.18. The number of benzene rings is 1. The van der Waals surface area contributed by atoms with Crippen molar-refractivity contribution in [3.05, 3.63) is 34.9 Å². The van der Waals surface area contributed by atoms with Crippen LogP contribution in [0.3, 0.4) is 0 Å². The second-order valence-corrected chi connectivity index (χ2v) is 2.53. The molecule has 1 aromatic carbocycles. The number of nitrogens with one attached hydrogen (secondary N) is 1. The Kier molecular flexibility index (Phi) is 2.57. The van der Waals surface area contributed by atoms with E-state index in [1.807, 2.05) is 0 Å². The molecule has 0 bridgehead atoms. The number of carbonyl (C=O) groups is 1. The van der Waals surface area contributed by atoms with E-state index in [0.29, 0.717) is 0 Å². The highest BCUT2D eigenvalue weighted by Gasteiger charge is 2.15. The smallest absolute Gasteiger partial charge is 0.268 e. The first-order valence-electron chi connectivity index (χ1n) is 3.53. The summed E-state index contributed by atoms with van der Waals surface area (Å²) in [5, 5.41) is 0. The van der Waals surface area contributed by atoms with Crippen LogP contribution in [0.15, 0.2) is 12.1 Å². The number of aryl methyl sites for hydroxylation is 1. The predicted molar refractivity (Wildman–Crippen MR) is 42.7 cm³/mol. The van der Waals surface area contributed by atoms with Crippen molar-refractivity contribution in [3.63, 3.8) is 0 Å². The van der Waals surface area contributed by atoms with Crippen LogP contribution in [-0.4, -0.2) is 5.91 Å². The molecule has 70 valence electrons. The average molecular weight is 186 g/mol. The van der Waals surface area contributed by atoms with Crippen LogP contribution >= 0.6 is 0 Å². The summed E-state index contributed by atoms with van der Waals surface area (Å²) < 4.78 is 25.9. The van der Waals surface area contributed by atoms with Crippen LogP contribution in [0.5, 0.6) is 0 Å². The van der Waals surface area contributed by atoms with Gasteiger partial charge in [-0.05, 0) is 18.6 Å². The van der Waals surface area contributed by atoms with Gasteiger partial charge in [-0.25, -0.2) is 14.6 Å². The number of carbonyl (C=O) groups excluding carboxylic acids is 1. The van der Waals surface area contributed by atoms with Gasteiger partial charge in [0.25, 0.3) is 5.91 Å². The number of amides is 1. The largest absolute Gasteiger partial charge is 0.290 e. The Labute approximate surface area is 73.5 Å². The minimum Gasteiger partial charge on any atom is -0.290 e. The van der Waals surface area contributed by atoms with Crippen molar-refractivity contribution in [1.29, 1.82) is 0 Å². The van der Waals surface area contributed by atoms with E-state index in [4.69, 9.17) is 5.84 Å². The van der Waals surface area contributed by atoms with Gasteiger partial charge in [-0.2, -0.15) is 0 Å². The molecule has 0 unspecified atom stereocenters. The SMILES string of the molecule is Cc1ccc(C(=O)NN)c(F)c1F. The topological polar surface area (TPSA) is 55.1 Å². The number of hydrazine groups is 1. The van der Waals surface area contributed by atoms with Gasteiger partial charge >= 0.3 is 0 Å². The van der Waals surface area contributed by atoms with Crippen LogP contribution < -0.4 is 11.3 Å². The van der Waals surface area contributed by atoms with Crippen molar-refractivity contribution in [2.75, 3.05) is 0 Å². The van der Waals surface area contributed by atoms with Crippen LogP contribution in [0.25, 0.3) is 0 Å². The van der Waals surface area contributed by atoms with Gasteiger partial charge in [-0.15, -0.1) is 0 Å². The summed E-state index contributed by atoms with van der Waals surface area (Å²) in [7, 11) is 0. The molecular formula is C8H8F2N2O. The summed E-state index contributed by atoms with van der Waals surface area (Å²) in [4.78, 5) is 10.9. The summed E-state index contributed by atoms with van der Waals surface area (Å²) in [6.45, 7) is 1.41. The summed E-state index contributed by atoms with van der Waals surface area (Å²) in [5.74, 6) is 1.72. The van der Waals surface area contributed by atoms with Crippen molar-refractivity contribution >= 4 is 5.91 Å². The fourth-order valence-corrected chi connectivity index (χ4v) is 0.899. The quantitative estimate of drug-likeness (QED) is 0.388. The lowest BCUT2D eigenvalue weighted by atomic mass is 10.1. The zero-order valence-corrected chi connectivity index (χ0v) is 6.90. The highest BCUT2D eigenvalue weighted by molar-refractivity contribution is 5.94. The number of nitrogen functional groups attached to an aromatic ring is 1. The minimum absolute atomic E-state index is 0.145. The first-order valence-corrected chi connectivity index (χ1v) is 3.53. The predicted octanol–water partition coefficient (Wildman–Crippen LogP) is 0.877. The third kappa shape index (κ3) is 1.65. The van der Waals surface area contributed by atoms with Gasteiger partial charge in [0.1, 0.15) is 0 Å². The van der Waals surface area contributed by atoms with Crippen molar-refractivity contribution in [2.24, 2.45) is 5.84 Å². The molecule has 1 rings (SSSR count). The summed E-state index contributed by atoms with van der Waals surface area (Å²) >= 11 is 0. The average Bonchev–Trinajstić information content (AvgIpc) is 2.13. The summed E-state index contributed by atoms with van der Waals surface area (Å²) in [6, 6.07) is 2.49. The van der Waals surface area contributed by atoms with E-state index < -0.39 is 23.1 Å². The molecule has 0 spiro atoms. The van der Waals surface area contributed by atoms with E-state index in [0.717, 1.165) is 0 Å². The van der Waals surface area contributed by atoms with Crippen LogP contribution in [0, 0.1) is 18.6 Å². The number of hydrogen-bond acceptors (Lipinski definition) is 2. The number of halogens is 2. The Balaban J connectivity index is 3.26. The van der Waals surface area contributed by atoms with Gasteiger partial charge in [0.05, 0.1) is 5.56 Å². The van der Waals surface area contributed by atoms with Crippen LogP contribution in [0.1, 0.15) is 15.9 Å². The molecule has 13 heavy (non-hydrogen) atoms. The number of nitrogens with two attached hydrogens (primary N) is 1. The number of hydrogen-bond donors (Lipinski definition) is 2. The van der Waals surface area contributed by atoms with E-state index in [-0.39, 0.29) is 5.56 Å². The van der Waals surface area contributed by atoms with Crippen molar-refractivity contribution < 1.29 is 13.6 Å². The van der Waals surface area contributed by atoms with E-state index in [2.05, 4.69) is 0 Å². The molecule has 0 radical (unpaired) electrons. The summed E-state index contributed by atoms with van der Waals surface area (Å²) in [5.41, 5.74) is 1.47. The third-order valence-electron chi connectivity index (χ3n) is 1.65. The maximum absolute atomic E-state index is 13.0. The normalized spacial score (nSPS) is 9.85. The van der Waals surface area contributed by atoms with E-state index in [9.17, 15) is 13.6 Å². The fourth-order valence-electron chi connectivity index (χ4n) is 0.899. The van der Waals surface area contributed by atoms with E-state index >= 15 is 0 Å². The van der Waals surface area contributed by atoms with E-state index in [1.165, 1.54) is 19.1 Å². The van der Waals surface area contributed by atoms with Crippen LogP contribution in [-0.2, 0) is 0 Å². The van der Waals surface area contributed by atoms with Gasteiger partial charge in [-0.1, -0.05) is 6.07 Å². The van der Waals surface area contributed by atoms with Crippen LogP contribution in [0.2, 0.25) is 0 Å². The highest BCUT2D eigenvalue weighted by Crippen LogP contribution is 2.14. The maximum atomic E-state index is 13.0. The molecular weight excluding hydrogens is 178 g/mol. The lowest BCUT2D eigenvalue weighted by Gasteiger charge is -2.03. The fraction of sp³-hybridized carbons (Fsp3) is 0.125. The standard InChI is InChI=1S/C8H8F2N2O/c1-4-2-3-5(8(13)12-11)7(10)6(4)9/h2-3H,11H2,1H3,(H,12,13). The van der Waals surface area contributed by atoms with Crippen molar-refractivity contribution in [1.82, 2.24) is 5.43 Å². The van der Waals surface area contributed by atoms with Gasteiger partial charge in [0.15, 0.2) is 11.6 Å². The molecule has 1 amide bonds. The zero-order valence-electron chi connectivity index (χ0n) is 6.90. The van der Waals surface area contributed by atoms with Gasteiger partial charge < -0.3 is 0 Å². The third-order valence-corrected chi connectivity index (χ3v) is 1.65. The molecule has 3 N–H and O–H groups in total. The summed E-state index contributed by atoms with van der Waals surface area (Å²) in [6.07, 6.45) is 0. The van der Waals surface area contributed by atoms with Crippen molar-refractivity contribution in [2.45, 2.75) is 6.92 Å². The molecule has 0 saturated heterocycles. The first-order chi connectivity index (χ1) is 6.07. The zero-order chi connectivity index (χ0) is 10.0. The molecule has 5 heteroatoms. The Bertz CT molecular complexity index is 352. The molecule has 0 aliphatic carbocycles. The molecule has 0 aromatic heterocycles. The monoisotopic (exact) mass is 186 g/mol. The molecule has 3 nitrogen and oxygen atoms in total. The van der Waals surface area contributed by atoms with Gasteiger partial charge in [0, 0.05) is 0 Å². The lowest BCUT2D eigenvalue weighted by molar-refractivity contribution is 0.0948. The van der Waals surface area contributed by atoms with E-state index in [1.54, 1.807) is 5.43 Å². The molecule has 0 aliphatic heterocycles. The highest BCUT2D eigenvalue weighted by atomic mass is 19.2. The molecule has 0 saturated carbocycles. The molecule has 0 fully saturated rings. The Morgan fingerprint density at radius 1 is 1.38 bits per heavy atom. The second-order valence-electron chi connectivity index (χ2n) is 2.53. The van der Waals surface area contributed by atoms with Gasteiger partial charge in [-0.3, -0.25) is 10.2 Å². The molecule has 1 aromatic rings. The lowest BCUT2D eigenvalue weighted by Crippen LogP contribution is -2.31. The van der Waals surface area contributed by atoms with Gasteiger partial charge in [0.2, 0.25) is 0 Å².